The molecule has 0 saturated carbocycles. The number of carbonyl (C=O) groups is 1. The molecule has 4 aromatic carbocycles. The minimum atomic E-state index is -0.500. The van der Waals surface area contributed by atoms with Crippen LogP contribution in [-0.2, 0) is 16.0 Å². The predicted octanol–water partition coefficient (Wildman–Crippen LogP) is 6.69. The molecule has 6 nitrogen and oxygen atoms in total. The van der Waals surface area contributed by atoms with Crippen molar-refractivity contribution in [1.82, 2.24) is 0 Å². The molecular weight excluding hydrogens is 502 g/mol. The number of hydrogen-bond acceptors (Lipinski definition) is 5. The quantitative estimate of drug-likeness (QED) is 0.0807. The maximum atomic E-state index is 13.3. The highest BCUT2D eigenvalue weighted by atomic mass is 16.5. The van der Waals surface area contributed by atoms with Gasteiger partial charge in [-0.05, 0) is 83.7 Å². The van der Waals surface area contributed by atoms with Gasteiger partial charge in [0.15, 0.2) is 7.05 Å². The minimum Gasteiger partial charge on any atom is -0.494 e. The summed E-state index contributed by atoms with van der Waals surface area (Å²) < 4.78 is 18.4. The molecule has 1 N–H and O–H groups in total. The first kappa shape index (κ1) is 26.8. The molecule has 0 atom stereocenters. The third-order valence-electron chi connectivity index (χ3n) is 6.65. The molecular formula is C34H32NO5+. The average Bonchev–Trinajstić information content (AvgIpc) is 3.32. The van der Waals surface area contributed by atoms with Crippen molar-refractivity contribution in [3.63, 3.8) is 0 Å². The fourth-order valence-electron chi connectivity index (χ4n) is 4.88. The second-order valence-electron chi connectivity index (χ2n) is 9.43. The molecule has 0 spiro atoms. The van der Waals surface area contributed by atoms with E-state index in [0.29, 0.717) is 40.5 Å². The Kier molecular flexibility index (Phi) is 8.26. The van der Waals surface area contributed by atoms with Crippen LogP contribution in [0, 0.1) is 0 Å². The molecule has 5 rings (SSSR count). The number of rotatable bonds is 10. The van der Waals surface area contributed by atoms with Gasteiger partial charge in [-0.3, -0.25) is 5.21 Å². The molecule has 0 heterocycles. The monoisotopic (exact) mass is 534 g/mol. The van der Waals surface area contributed by atoms with Crippen LogP contribution in [0.2, 0.25) is 0 Å². The Morgan fingerprint density at radius 2 is 1.45 bits per heavy atom. The number of carbonyl (C=O) groups excluding carboxylic acids is 1. The number of hydrogen-bond donors (Lipinski definition) is 1. The molecule has 0 aromatic heterocycles. The molecule has 0 fully saturated rings. The lowest BCUT2D eigenvalue weighted by Gasteiger charge is -2.11. The topological polar surface area (TPSA) is 68.0 Å². The number of benzene rings is 4. The minimum absolute atomic E-state index is 0.216. The summed E-state index contributed by atoms with van der Waals surface area (Å²) in [5.74, 6) is 1.58. The summed E-state index contributed by atoms with van der Waals surface area (Å²) in [6.45, 7) is 2.53. The Morgan fingerprint density at radius 1 is 0.800 bits per heavy atom. The van der Waals surface area contributed by atoms with Gasteiger partial charge >= 0.3 is 5.97 Å². The number of nitrogens with zero attached hydrogens (tertiary/aromatic N) is 1. The van der Waals surface area contributed by atoms with E-state index in [4.69, 9.17) is 14.2 Å². The zero-order valence-electron chi connectivity index (χ0n) is 22.7. The molecule has 0 amide bonds. The van der Waals surface area contributed by atoms with Crippen molar-refractivity contribution >= 4 is 17.3 Å². The predicted molar refractivity (Wildman–Crippen MR) is 154 cm³/mol. The van der Waals surface area contributed by atoms with Crippen molar-refractivity contribution in [3.8, 4) is 17.2 Å². The zero-order valence-corrected chi connectivity index (χ0v) is 22.7. The summed E-state index contributed by atoms with van der Waals surface area (Å²) in [6, 6.07) is 33.1. The Hall–Kier alpha value is -4.84. The molecule has 0 radical (unpaired) electrons. The van der Waals surface area contributed by atoms with Crippen molar-refractivity contribution in [2.45, 2.75) is 19.8 Å². The average molecular weight is 535 g/mol. The van der Waals surface area contributed by atoms with E-state index in [-0.39, 0.29) is 6.61 Å². The van der Waals surface area contributed by atoms with E-state index < -0.39 is 5.97 Å². The number of esters is 1. The Balaban J connectivity index is 1.44. The smallest absolute Gasteiger partial charge is 0.345 e. The lowest BCUT2D eigenvalue weighted by molar-refractivity contribution is -0.753. The fraction of sp³-hybridized carbons (Fsp3) is 0.176. The van der Waals surface area contributed by atoms with E-state index in [2.05, 4.69) is 12.1 Å². The highest BCUT2D eigenvalue weighted by Gasteiger charge is 2.40. The van der Waals surface area contributed by atoms with E-state index in [1.165, 1.54) is 12.6 Å². The van der Waals surface area contributed by atoms with Crippen LogP contribution in [0.3, 0.4) is 0 Å². The first-order valence-corrected chi connectivity index (χ1v) is 13.4. The van der Waals surface area contributed by atoms with Crippen molar-refractivity contribution in [1.29, 1.82) is 0 Å². The van der Waals surface area contributed by atoms with Crippen LogP contribution in [0.25, 0.3) is 5.57 Å². The van der Waals surface area contributed by atoms with Crippen molar-refractivity contribution in [2.75, 3.05) is 20.3 Å². The van der Waals surface area contributed by atoms with E-state index in [1.54, 1.807) is 6.92 Å². The van der Waals surface area contributed by atoms with Gasteiger partial charge in [0.25, 0.3) is 5.71 Å². The van der Waals surface area contributed by atoms with Gasteiger partial charge in [-0.2, -0.15) is 0 Å². The molecule has 6 heteroatoms. The molecule has 202 valence electrons. The lowest BCUT2D eigenvalue weighted by atomic mass is 9.97. The van der Waals surface area contributed by atoms with Gasteiger partial charge in [0.2, 0.25) is 0 Å². The SMILES string of the molecule is CCOC(=O)C1=C(c2ccc(Oc3ccccc3)cc2)c2ccc(OCCCc3ccccc3)cc2/C1=[N+](/C)O. The fourth-order valence-corrected chi connectivity index (χ4v) is 4.88. The number of para-hydroxylation sites is 1. The summed E-state index contributed by atoms with van der Waals surface area (Å²) >= 11 is 0. The summed E-state index contributed by atoms with van der Waals surface area (Å²) in [5.41, 5.74) is 4.96. The molecule has 0 unspecified atom stereocenters. The standard InChI is InChI=1S/C34H32NO5/c1-3-38-34(36)32-31(25-16-18-27(19-17-25)40-26-14-8-5-9-15-26)29-21-20-28(23-30(29)33(32)35(2)37)39-22-10-13-24-11-6-4-7-12-24/h4-9,11-12,14-21,23,37H,3,10,13,22H2,1-2H3/q+1/b35-33+. The summed E-state index contributed by atoms with van der Waals surface area (Å²) in [7, 11) is 1.51. The number of ether oxygens (including phenoxy) is 3. The van der Waals surface area contributed by atoms with Gasteiger partial charge in [0, 0.05) is 5.57 Å². The van der Waals surface area contributed by atoms with Gasteiger partial charge in [0.1, 0.15) is 22.8 Å². The van der Waals surface area contributed by atoms with Crippen LogP contribution < -0.4 is 9.47 Å². The molecule has 0 saturated heterocycles. The largest absolute Gasteiger partial charge is 0.494 e. The van der Waals surface area contributed by atoms with Gasteiger partial charge in [-0.1, -0.05) is 60.7 Å². The molecule has 0 bridgehead atoms. The first-order chi connectivity index (χ1) is 19.5. The summed E-state index contributed by atoms with van der Waals surface area (Å²) in [5, 5.41) is 10.7. The Labute approximate surface area is 234 Å². The lowest BCUT2D eigenvalue weighted by Crippen LogP contribution is -2.22. The molecule has 1 aliphatic rings. The second kappa shape index (κ2) is 12.3. The molecule has 1 aliphatic carbocycles. The molecule has 0 aliphatic heterocycles. The molecule has 4 aromatic rings. The summed E-state index contributed by atoms with van der Waals surface area (Å²) in [6.07, 6.45) is 1.79. The van der Waals surface area contributed by atoms with Crippen LogP contribution in [0.15, 0.2) is 109 Å². The third-order valence-corrected chi connectivity index (χ3v) is 6.65. The van der Waals surface area contributed by atoms with Crippen LogP contribution in [0.5, 0.6) is 17.2 Å². The van der Waals surface area contributed by atoms with Crippen LogP contribution in [-0.4, -0.2) is 41.9 Å². The molecule has 40 heavy (non-hydrogen) atoms. The van der Waals surface area contributed by atoms with Gasteiger partial charge in [-0.15, -0.1) is 0 Å². The Bertz CT molecular complexity index is 1540. The highest BCUT2D eigenvalue weighted by molar-refractivity contribution is 6.35. The Morgan fingerprint density at radius 3 is 2.12 bits per heavy atom. The number of hydroxylamine groups is 1. The van der Waals surface area contributed by atoms with E-state index in [1.807, 2.05) is 91.0 Å². The first-order valence-electron chi connectivity index (χ1n) is 13.4. The van der Waals surface area contributed by atoms with Crippen molar-refractivity contribution in [2.24, 2.45) is 0 Å². The zero-order chi connectivity index (χ0) is 27.9. The van der Waals surface area contributed by atoms with Gasteiger partial charge in [0.05, 0.1) is 18.8 Å². The normalized spacial score (nSPS) is 13.6. The maximum absolute atomic E-state index is 13.3. The van der Waals surface area contributed by atoms with E-state index in [0.717, 1.165) is 34.5 Å². The number of aryl methyl sites for hydroxylation is 1. The van der Waals surface area contributed by atoms with Crippen molar-refractivity contribution < 1.29 is 29.0 Å². The van der Waals surface area contributed by atoms with Crippen molar-refractivity contribution in [3.05, 3.63) is 131 Å². The van der Waals surface area contributed by atoms with E-state index in [9.17, 15) is 10.0 Å². The number of fused-ring (bicyclic) bond motifs is 1. The van der Waals surface area contributed by atoms with Gasteiger partial charge in [-0.25, -0.2) is 4.79 Å². The third kappa shape index (κ3) is 5.91. The second-order valence-corrected chi connectivity index (χ2v) is 9.43. The van der Waals surface area contributed by atoms with E-state index >= 15 is 0 Å². The van der Waals surface area contributed by atoms with Gasteiger partial charge < -0.3 is 14.2 Å². The summed E-state index contributed by atoms with van der Waals surface area (Å²) in [4.78, 5) is 13.3. The van der Waals surface area contributed by atoms with Crippen LogP contribution in [0.1, 0.15) is 35.6 Å². The van der Waals surface area contributed by atoms with Crippen LogP contribution >= 0.6 is 0 Å². The highest BCUT2D eigenvalue weighted by Crippen LogP contribution is 2.40. The maximum Gasteiger partial charge on any atom is 0.345 e. The van der Waals surface area contributed by atoms with Crippen LogP contribution in [0.4, 0.5) is 0 Å².